The fourth-order valence-electron chi connectivity index (χ4n) is 1.19. The minimum Gasteiger partial charge on any atom is -0.443 e. The Kier molecular flexibility index (Phi) is 6.52. The molecule has 90 valence electrons. The second-order valence-corrected chi connectivity index (χ2v) is 3.67. The highest BCUT2D eigenvalue weighted by Crippen LogP contribution is 2.10. The molecule has 0 radical (unpaired) electrons. The summed E-state index contributed by atoms with van der Waals surface area (Å²) in [6.45, 7) is 13.5. The lowest BCUT2D eigenvalue weighted by atomic mass is 10.1. The van der Waals surface area contributed by atoms with Crippen LogP contribution in [0.4, 0.5) is 0 Å². The van der Waals surface area contributed by atoms with Crippen molar-refractivity contribution < 1.29 is 9.53 Å². The van der Waals surface area contributed by atoms with Gasteiger partial charge in [-0.15, -0.1) is 0 Å². The Balaban J connectivity index is 4.47. The lowest BCUT2D eigenvalue weighted by Crippen LogP contribution is -2.27. The number of carbonyl (C=O) groups excluding carboxylic acids is 1. The van der Waals surface area contributed by atoms with Crippen molar-refractivity contribution in [2.24, 2.45) is 0 Å². The molecule has 0 amide bonds. The smallest absolute Gasteiger partial charge is 0.304 e. The standard InChI is InChI=1S/C13H21NO2/c1-6-13(5,16-12(4)15)10-9-11-14(7-2)8-3/h6H,1,7-8,11H2,2-5H3/t13-/m1/s1. The Morgan fingerprint density at radius 3 is 2.44 bits per heavy atom. The number of ether oxygens (including phenoxy) is 1. The zero-order valence-corrected chi connectivity index (χ0v) is 10.7. The van der Waals surface area contributed by atoms with Gasteiger partial charge in [0.25, 0.3) is 0 Å². The van der Waals surface area contributed by atoms with Crippen LogP contribution in [0.5, 0.6) is 0 Å². The fourth-order valence-corrected chi connectivity index (χ4v) is 1.19. The van der Waals surface area contributed by atoms with E-state index in [1.165, 1.54) is 6.92 Å². The van der Waals surface area contributed by atoms with E-state index in [2.05, 4.69) is 37.2 Å². The number of hydrogen-bond acceptors (Lipinski definition) is 3. The molecule has 0 bridgehead atoms. The summed E-state index contributed by atoms with van der Waals surface area (Å²) in [5, 5.41) is 0. The normalized spacial score (nSPS) is 13.6. The maximum atomic E-state index is 10.9. The molecule has 0 aliphatic rings. The summed E-state index contributed by atoms with van der Waals surface area (Å²) in [5.41, 5.74) is -0.876. The van der Waals surface area contributed by atoms with Crippen LogP contribution in [-0.4, -0.2) is 36.1 Å². The molecule has 3 nitrogen and oxygen atoms in total. The Morgan fingerprint density at radius 2 is 2.06 bits per heavy atom. The number of esters is 1. The molecule has 0 aromatic rings. The maximum absolute atomic E-state index is 10.9. The number of nitrogens with zero attached hydrogens (tertiary/aromatic N) is 1. The van der Waals surface area contributed by atoms with Crippen molar-refractivity contribution >= 4 is 5.97 Å². The van der Waals surface area contributed by atoms with E-state index in [9.17, 15) is 4.79 Å². The van der Waals surface area contributed by atoms with Gasteiger partial charge in [-0.1, -0.05) is 26.3 Å². The first-order valence-electron chi connectivity index (χ1n) is 5.53. The van der Waals surface area contributed by atoms with Crippen molar-refractivity contribution in [3.63, 3.8) is 0 Å². The van der Waals surface area contributed by atoms with Gasteiger partial charge >= 0.3 is 5.97 Å². The molecule has 0 rings (SSSR count). The van der Waals surface area contributed by atoms with E-state index < -0.39 is 5.60 Å². The van der Waals surface area contributed by atoms with E-state index in [4.69, 9.17) is 4.74 Å². The second-order valence-electron chi connectivity index (χ2n) is 3.67. The predicted molar refractivity (Wildman–Crippen MR) is 65.9 cm³/mol. The van der Waals surface area contributed by atoms with E-state index in [0.717, 1.165) is 13.1 Å². The molecular formula is C13H21NO2. The van der Waals surface area contributed by atoms with Crippen molar-refractivity contribution in [1.29, 1.82) is 0 Å². The van der Waals surface area contributed by atoms with E-state index in [1.54, 1.807) is 13.0 Å². The molecule has 1 atom stereocenters. The molecule has 0 heterocycles. The summed E-state index contributed by atoms with van der Waals surface area (Å²) in [6.07, 6.45) is 1.55. The minimum atomic E-state index is -0.876. The average molecular weight is 223 g/mol. The van der Waals surface area contributed by atoms with Gasteiger partial charge < -0.3 is 4.74 Å². The van der Waals surface area contributed by atoms with Crippen molar-refractivity contribution in [3.05, 3.63) is 12.7 Å². The molecule has 0 aliphatic heterocycles. The molecule has 0 N–H and O–H groups in total. The van der Waals surface area contributed by atoms with Crippen LogP contribution in [0.3, 0.4) is 0 Å². The number of carbonyl (C=O) groups is 1. The zero-order chi connectivity index (χ0) is 12.6. The Bertz CT molecular complexity index is 297. The summed E-state index contributed by atoms with van der Waals surface area (Å²) in [4.78, 5) is 13.1. The lowest BCUT2D eigenvalue weighted by molar-refractivity contribution is -0.147. The SMILES string of the molecule is C=C[C@](C)(C#CCN(CC)CC)OC(C)=O. The van der Waals surface area contributed by atoms with Crippen molar-refractivity contribution in [2.45, 2.75) is 33.3 Å². The third-order valence-corrected chi connectivity index (χ3v) is 2.28. The van der Waals surface area contributed by atoms with Gasteiger partial charge in [-0.05, 0) is 32.0 Å². The monoisotopic (exact) mass is 223 g/mol. The van der Waals surface area contributed by atoms with Crippen LogP contribution in [0, 0.1) is 11.8 Å². The largest absolute Gasteiger partial charge is 0.443 e. The first-order valence-corrected chi connectivity index (χ1v) is 5.53. The summed E-state index contributed by atoms with van der Waals surface area (Å²) in [7, 11) is 0. The topological polar surface area (TPSA) is 29.5 Å². The van der Waals surface area contributed by atoms with Crippen LogP contribution in [0.1, 0.15) is 27.7 Å². The summed E-state index contributed by atoms with van der Waals surface area (Å²) < 4.78 is 5.09. The highest BCUT2D eigenvalue weighted by Gasteiger charge is 2.19. The maximum Gasteiger partial charge on any atom is 0.304 e. The molecule has 0 aliphatic carbocycles. The fraction of sp³-hybridized carbons (Fsp3) is 0.615. The van der Waals surface area contributed by atoms with Crippen LogP contribution >= 0.6 is 0 Å². The highest BCUT2D eigenvalue weighted by atomic mass is 16.6. The van der Waals surface area contributed by atoms with Crippen molar-refractivity contribution in [1.82, 2.24) is 4.90 Å². The summed E-state index contributed by atoms with van der Waals surface area (Å²) >= 11 is 0. The third kappa shape index (κ3) is 5.57. The predicted octanol–water partition coefficient (Wildman–Crippen LogP) is 1.84. The summed E-state index contributed by atoms with van der Waals surface area (Å²) in [5.74, 6) is 5.59. The zero-order valence-electron chi connectivity index (χ0n) is 10.7. The molecule has 3 heteroatoms. The van der Waals surface area contributed by atoms with Gasteiger partial charge in [0.15, 0.2) is 5.60 Å². The molecule has 0 fully saturated rings. The van der Waals surface area contributed by atoms with Gasteiger partial charge in [0.05, 0.1) is 6.54 Å². The van der Waals surface area contributed by atoms with Crippen LogP contribution < -0.4 is 0 Å². The molecule has 0 saturated carbocycles. The first-order chi connectivity index (χ1) is 7.47. The van der Waals surface area contributed by atoms with Gasteiger partial charge in [-0.3, -0.25) is 9.69 Å². The Hall–Kier alpha value is -1.27. The van der Waals surface area contributed by atoms with Crippen molar-refractivity contribution in [3.8, 4) is 11.8 Å². The van der Waals surface area contributed by atoms with Crippen LogP contribution in [-0.2, 0) is 9.53 Å². The molecule has 16 heavy (non-hydrogen) atoms. The molecular weight excluding hydrogens is 202 g/mol. The molecule has 0 saturated heterocycles. The quantitative estimate of drug-likeness (QED) is 0.404. The van der Waals surface area contributed by atoms with Gasteiger partial charge in [-0.2, -0.15) is 0 Å². The Labute approximate surface area is 98.5 Å². The van der Waals surface area contributed by atoms with Gasteiger partial charge in [0.2, 0.25) is 0 Å². The number of rotatable bonds is 5. The van der Waals surface area contributed by atoms with E-state index in [-0.39, 0.29) is 5.97 Å². The summed E-state index contributed by atoms with van der Waals surface area (Å²) in [6, 6.07) is 0. The molecule has 0 unspecified atom stereocenters. The van der Waals surface area contributed by atoms with Crippen molar-refractivity contribution in [2.75, 3.05) is 19.6 Å². The molecule has 0 aromatic heterocycles. The van der Waals surface area contributed by atoms with Gasteiger partial charge in [-0.25, -0.2) is 0 Å². The highest BCUT2D eigenvalue weighted by molar-refractivity contribution is 5.67. The molecule has 0 spiro atoms. The van der Waals surface area contributed by atoms with E-state index in [1.807, 2.05) is 0 Å². The minimum absolute atomic E-state index is 0.348. The Morgan fingerprint density at radius 1 is 1.50 bits per heavy atom. The van der Waals surface area contributed by atoms with E-state index in [0.29, 0.717) is 6.54 Å². The number of hydrogen-bond donors (Lipinski definition) is 0. The van der Waals surface area contributed by atoms with Crippen LogP contribution in [0.25, 0.3) is 0 Å². The van der Waals surface area contributed by atoms with Crippen LogP contribution in [0.2, 0.25) is 0 Å². The lowest BCUT2D eigenvalue weighted by Gasteiger charge is -2.19. The van der Waals surface area contributed by atoms with Crippen LogP contribution in [0.15, 0.2) is 12.7 Å². The van der Waals surface area contributed by atoms with Gasteiger partial charge in [0.1, 0.15) is 0 Å². The van der Waals surface area contributed by atoms with Gasteiger partial charge in [0, 0.05) is 6.92 Å². The first kappa shape index (κ1) is 14.7. The average Bonchev–Trinajstić information content (AvgIpc) is 2.23. The molecule has 0 aromatic carbocycles. The third-order valence-electron chi connectivity index (χ3n) is 2.28. The van der Waals surface area contributed by atoms with E-state index >= 15 is 0 Å². The second kappa shape index (κ2) is 7.08.